The summed E-state index contributed by atoms with van der Waals surface area (Å²) in [5.74, 6) is 0.936. The number of halogens is 2. The minimum atomic E-state index is 0.107. The average molecular weight is 409 g/mol. The van der Waals surface area contributed by atoms with Gasteiger partial charge in [-0.1, -0.05) is 31.9 Å². The first-order valence-corrected chi connectivity index (χ1v) is 8.33. The van der Waals surface area contributed by atoms with Crippen LogP contribution in [0.1, 0.15) is 24.3 Å². The molecule has 2 nitrogen and oxygen atoms in total. The summed E-state index contributed by atoms with van der Waals surface area (Å²) in [6, 6.07) is 14.5. The van der Waals surface area contributed by atoms with Crippen molar-refractivity contribution in [2.75, 3.05) is 5.32 Å². The summed E-state index contributed by atoms with van der Waals surface area (Å²) in [5.41, 5.74) is 3.23. The Morgan fingerprint density at radius 2 is 1.71 bits per heavy atom. The van der Waals surface area contributed by atoms with Gasteiger partial charge in [-0.2, -0.15) is 0 Å². The molecule has 0 aliphatic carbocycles. The van der Waals surface area contributed by atoms with E-state index in [1.807, 2.05) is 18.2 Å². The van der Waals surface area contributed by atoms with E-state index >= 15 is 0 Å². The van der Waals surface area contributed by atoms with Crippen LogP contribution in [-0.2, 0) is 0 Å². The quantitative estimate of drug-likeness (QED) is 0.539. The fourth-order valence-corrected chi connectivity index (χ4v) is 3.20. The number of nitrogens with one attached hydrogen (secondary N) is 1. The molecule has 108 valence electrons. The minimum Gasteiger partial charge on any atom is -0.459 e. The lowest BCUT2D eigenvalue weighted by Gasteiger charge is -2.15. The van der Waals surface area contributed by atoms with E-state index in [0.29, 0.717) is 0 Å². The number of furan rings is 1. The van der Waals surface area contributed by atoms with E-state index in [-0.39, 0.29) is 6.04 Å². The molecule has 1 unspecified atom stereocenters. The Morgan fingerprint density at radius 3 is 2.48 bits per heavy atom. The molecular formula is C17H15Br2NO. The van der Waals surface area contributed by atoms with Gasteiger partial charge in [0.1, 0.15) is 11.3 Å². The standard InChI is InChI=1S/C17H15Br2NO/c1-10-7-13(18)3-5-15(10)20-11(2)17-9-12-8-14(19)4-6-16(12)21-17/h3-9,11,20H,1-2H3. The van der Waals surface area contributed by atoms with Crippen molar-refractivity contribution >= 4 is 48.5 Å². The van der Waals surface area contributed by atoms with Gasteiger partial charge in [0.15, 0.2) is 0 Å². The van der Waals surface area contributed by atoms with E-state index in [0.717, 1.165) is 31.4 Å². The molecule has 1 aromatic heterocycles. The lowest BCUT2D eigenvalue weighted by Crippen LogP contribution is -2.06. The van der Waals surface area contributed by atoms with Crippen LogP contribution in [0.3, 0.4) is 0 Å². The second-order valence-corrected chi connectivity index (χ2v) is 6.99. The maximum absolute atomic E-state index is 5.93. The van der Waals surface area contributed by atoms with Gasteiger partial charge in [0.2, 0.25) is 0 Å². The van der Waals surface area contributed by atoms with Gasteiger partial charge in [-0.25, -0.2) is 0 Å². The molecule has 0 aliphatic heterocycles. The number of hydrogen-bond acceptors (Lipinski definition) is 2. The van der Waals surface area contributed by atoms with Crippen LogP contribution in [0.5, 0.6) is 0 Å². The van der Waals surface area contributed by atoms with E-state index in [2.05, 4.69) is 75.3 Å². The lowest BCUT2D eigenvalue weighted by molar-refractivity contribution is 0.526. The number of fused-ring (bicyclic) bond motifs is 1. The normalized spacial score (nSPS) is 12.6. The van der Waals surface area contributed by atoms with Crippen LogP contribution >= 0.6 is 31.9 Å². The molecule has 4 heteroatoms. The molecule has 0 saturated heterocycles. The Labute approximate surface area is 140 Å². The van der Waals surface area contributed by atoms with Crippen LogP contribution in [0.25, 0.3) is 11.0 Å². The Balaban J connectivity index is 1.87. The molecule has 0 radical (unpaired) electrons. The molecule has 2 aromatic carbocycles. The third-order valence-electron chi connectivity index (χ3n) is 3.48. The topological polar surface area (TPSA) is 25.2 Å². The number of aryl methyl sites for hydroxylation is 1. The lowest BCUT2D eigenvalue weighted by atomic mass is 10.1. The molecular weight excluding hydrogens is 394 g/mol. The molecule has 0 spiro atoms. The second kappa shape index (κ2) is 5.85. The first-order chi connectivity index (χ1) is 10.0. The Bertz CT molecular complexity index is 795. The SMILES string of the molecule is Cc1cc(Br)ccc1NC(C)c1cc2cc(Br)ccc2o1. The largest absolute Gasteiger partial charge is 0.459 e. The van der Waals surface area contributed by atoms with Crippen molar-refractivity contribution in [3.05, 3.63) is 62.7 Å². The third kappa shape index (κ3) is 3.16. The highest BCUT2D eigenvalue weighted by Gasteiger charge is 2.12. The van der Waals surface area contributed by atoms with Gasteiger partial charge >= 0.3 is 0 Å². The Kier molecular flexibility index (Phi) is 4.09. The zero-order chi connectivity index (χ0) is 15.0. The molecule has 0 amide bonds. The van der Waals surface area contributed by atoms with E-state index in [1.54, 1.807) is 0 Å². The molecule has 3 rings (SSSR count). The maximum Gasteiger partial charge on any atom is 0.134 e. The van der Waals surface area contributed by atoms with Crippen molar-refractivity contribution in [3.8, 4) is 0 Å². The summed E-state index contributed by atoms with van der Waals surface area (Å²) in [7, 11) is 0. The summed E-state index contributed by atoms with van der Waals surface area (Å²) in [5, 5.41) is 4.61. The molecule has 0 fully saturated rings. The van der Waals surface area contributed by atoms with Crippen molar-refractivity contribution in [2.45, 2.75) is 19.9 Å². The Morgan fingerprint density at radius 1 is 1.00 bits per heavy atom. The second-order valence-electron chi connectivity index (χ2n) is 5.16. The predicted octanol–water partition coefficient (Wildman–Crippen LogP) is 6.44. The van der Waals surface area contributed by atoms with E-state index < -0.39 is 0 Å². The highest BCUT2D eigenvalue weighted by molar-refractivity contribution is 9.10. The molecule has 0 bridgehead atoms. The smallest absolute Gasteiger partial charge is 0.134 e. The number of benzene rings is 2. The van der Waals surface area contributed by atoms with Crippen molar-refractivity contribution in [3.63, 3.8) is 0 Å². The molecule has 0 aliphatic rings. The third-order valence-corrected chi connectivity index (χ3v) is 4.47. The summed E-state index contributed by atoms with van der Waals surface area (Å²) in [6.07, 6.45) is 0. The van der Waals surface area contributed by atoms with Crippen LogP contribution in [0.4, 0.5) is 5.69 Å². The molecule has 1 heterocycles. The summed E-state index contributed by atoms with van der Waals surface area (Å²) < 4.78 is 8.08. The van der Waals surface area contributed by atoms with E-state index in [4.69, 9.17) is 4.42 Å². The van der Waals surface area contributed by atoms with Crippen LogP contribution < -0.4 is 5.32 Å². The highest BCUT2D eigenvalue weighted by atomic mass is 79.9. The number of anilines is 1. The summed E-state index contributed by atoms with van der Waals surface area (Å²) in [6.45, 7) is 4.20. The van der Waals surface area contributed by atoms with Gasteiger partial charge in [0.25, 0.3) is 0 Å². The summed E-state index contributed by atoms with van der Waals surface area (Å²) >= 11 is 6.97. The van der Waals surface area contributed by atoms with Crippen molar-refractivity contribution in [1.29, 1.82) is 0 Å². The van der Waals surface area contributed by atoms with Gasteiger partial charge in [-0.3, -0.25) is 0 Å². The maximum atomic E-state index is 5.93. The van der Waals surface area contributed by atoms with Crippen LogP contribution in [0.2, 0.25) is 0 Å². The first-order valence-electron chi connectivity index (χ1n) is 6.74. The van der Waals surface area contributed by atoms with Crippen molar-refractivity contribution < 1.29 is 4.42 Å². The number of rotatable bonds is 3. The van der Waals surface area contributed by atoms with Gasteiger partial charge < -0.3 is 9.73 Å². The number of hydrogen-bond donors (Lipinski definition) is 1. The van der Waals surface area contributed by atoms with Crippen LogP contribution in [0.15, 0.2) is 55.8 Å². The van der Waals surface area contributed by atoms with Gasteiger partial charge in [0, 0.05) is 20.0 Å². The molecule has 1 atom stereocenters. The van der Waals surface area contributed by atoms with Crippen molar-refractivity contribution in [2.24, 2.45) is 0 Å². The zero-order valence-corrected chi connectivity index (χ0v) is 15.0. The monoisotopic (exact) mass is 407 g/mol. The Hall–Kier alpha value is -1.26. The summed E-state index contributed by atoms with van der Waals surface area (Å²) in [4.78, 5) is 0. The van der Waals surface area contributed by atoms with Gasteiger partial charge in [0.05, 0.1) is 6.04 Å². The van der Waals surface area contributed by atoms with Crippen molar-refractivity contribution in [1.82, 2.24) is 0 Å². The van der Waals surface area contributed by atoms with Crippen LogP contribution in [-0.4, -0.2) is 0 Å². The first kappa shape index (κ1) is 14.7. The highest BCUT2D eigenvalue weighted by Crippen LogP contribution is 2.29. The van der Waals surface area contributed by atoms with Gasteiger partial charge in [-0.15, -0.1) is 0 Å². The minimum absolute atomic E-state index is 0.107. The molecule has 1 N–H and O–H groups in total. The van der Waals surface area contributed by atoms with E-state index in [9.17, 15) is 0 Å². The fraction of sp³-hybridized carbons (Fsp3) is 0.176. The molecule has 0 saturated carbocycles. The van der Waals surface area contributed by atoms with Gasteiger partial charge in [-0.05, 0) is 61.9 Å². The predicted molar refractivity (Wildman–Crippen MR) is 94.8 cm³/mol. The molecule has 3 aromatic rings. The van der Waals surface area contributed by atoms with E-state index in [1.165, 1.54) is 5.56 Å². The molecule has 21 heavy (non-hydrogen) atoms. The van der Waals surface area contributed by atoms with Crippen LogP contribution in [0, 0.1) is 6.92 Å². The average Bonchev–Trinajstić information content (AvgIpc) is 2.85. The fourth-order valence-electron chi connectivity index (χ4n) is 2.34. The zero-order valence-electron chi connectivity index (χ0n) is 11.8.